The van der Waals surface area contributed by atoms with E-state index in [0.717, 1.165) is 7.11 Å². The second-order valence-electron chi connectivity index (χ2n) is 2.68. The molecule has 0 aromatic carbocycles. The standard InChI is InChI=1S/C8H16N2O5/c1-14-8(13)6(11)4-10-7(12)5-15-3-2-9/h6,11H,2-5,9H2,1H3,(H,10,12). The molecule has 0 rings (SSSR count). The molecule has 0 aromatic heterocycles. The molecule has 0 heterocycles. The van der Waals surface area contributed by atoms with Crippen molar-refractivity contribution in [2.45, 2.75) is 6.10 Å². The van der Waals surface area contributed by atoms with Crippen LogP contribution >= 0.6 is 0 Å². The zero-order valence-electron chi connectivity index (χ0n) is 8.56. The van der Waals surface area contributed by atoms with E-state index in [1.54, 1.807) is 0 Å². The monoisotopic (exact) mass is 220 g/mol. The van der Waals surface area contributed by atoms with Crippen molar-refractivity contribution in [3.63, 3.8) is 0 Å². The van der Waals surface area contributed by atoms with Crippen molar-refractivity contribution in [3.05, 3.63) is 0 Å². The molecule has 0 saturated heterocycles. The van der Waals surface area contributed by atoms with Crippen LogP contribution in [0, 0.1) is 0 Å². The predicted molar refractivity (Wildman–Crippen MR) is 50.9 cm³/mol. The Morgan fingerprint density at radius 3 is 2.73 bits per heavy atom. The number of nitrogens with one attached hydrogen (secondary N) is 1. The topological polar surface area (TPSA) is 111 Å². The smallest absolute Gasteiger partial charge is 0.336 e. The molecule has 0 aliphatic heterocycles. The number of ether oxygens (including phenoxy) is 2. The molecule has 0 aliphatic carbocycles. The predicted octanol–water partition coefficient (Wildman–Crippen LogP) is -2.39. The van der Waals surface area contributed by atoms with Gasteiger partial charge in [-0.3, -0.25) is 4.79 Å². The first-order valence-electron chi connectivity index (χ1n) is 4.42. The van der Waals surface area contributed by atoms with Crippen LogP contribution in [0.2, 0.25) is 0 Å². The quantitative estimate of drug-likeness (QED) is 0.326. The summed E-state index contributed by atoms with van der Waals surface area (Å²) in [5.74, 6) is -1.22. The lowest BCUT2D eigenvalue weighted by atomic mass is 10.3. The molecule has 0 aliphatic rings. The highest BCUT2D eigenvalue weighted by molar-refractivity contribution is 5.79. The summed E-state index contributed by atoms with van der Waals surface area (Å²) in [5.41, 5.74) is 5.14. The van der Waals surface area contributed by atoms with E-state index in [4.69, 9.17) is 15.6 Å². The van der Waals surface area contributed by atoms with Crippen molar-refractivity contribution >= 4 is 11.9 Å². The highest BCUT2D eigenvalue weighted by Gasteiger charge is 2.15. The van der Waals surface area contributed by atoms with Crippen molar-refractivity contribution in [3.8, 4) is 0 Å². The Morgan fingerprint density at radius 2 is 2.20 bits per heavy atom. The van der Waals surface area contributed by atoms with Gasteiger partial charge in [-0.1, -0.05) is 0 Å². The van der Waals surface area contributed by atoms with Gasteiger partial charge in [-0.2, -0.15) is 0 Å². The second kappa shape index (κ2) is 8.16. The van der Waals surface area contributed by atoms with Crippen LogP contribution in [-0.2, 0) is 19.1 Å². The normalized spacial score (nSPS) is 11.9. The Bertz CT molecular complexity index is 209. The van der Waals surface area contributed by atoms with E-state index in [9.17, 15) is 9.59 Å². The molecule has 0 spiro atoms. The van der Waals surface area contributed by atoms with E-state index in [-0.39, 0.29) is 19.8 Å². The third-order valence-corrected chi connectivity index (χ3v) is 1.46. The number of rotatable bonds is 7. The van der Waals surface area contributed by atoms with Crippen LogP contribution in [0.4, 0.5) is 0 Å². The van der Waals surface area contributed by atoms with Gasteiger partial charge in [0.1, 0.15) is 6.61 Å². The van der Waals surface area contributed by atoms with Crippen LogP contribution in [-0.4, -0.2) is 56.5 Å². The van der Waals surface area contributed by atoms with Crippen LogP contribution in [0.25, 0.3) is 0 Å². The highest BCUT2D eigenvalue weighted by Crippen LogP contribution is 1.84. The molecule has 4 N–H and O–H groups in total. The average molecular weight is 220 g/mol. The molecule has 0 aromatic rings. The number of methoxy groups -OCH3 is 1. The lowest BCUT2D eigenvalue weighted by Gasteiger charge is -2.09. The average Bonchev–Trinajstić information content (AvgIpc) is 2.25. The van der Waals surface area contributed by atoms with Gasteiger partial charge in [0, 0.05) is 6.54 Å². The molecule has 0 radical (unpaired) electrons. The summed E-state index contributed by atoms with van der Waals surface area (Å²) in [4.78, 5) is 21.7. The maximum absolute atomic E-state index is 11.0. The number of carbonyl (C=O) groups is 2. The fourth-order valence-corrected chi connectivity index (χ4v) is 0.729. The lowest BCUT2D eigenvalue weighted by molar-refractivity contribution is -0.150. The molecule has 1 amide bonds. The number of hydrogen-bond donors (Lipinski definition) is 3. The fourth-order valence-electron chi connectivity index (χ4n) is 0.729. The minimum Gasteiger partial charge on any atom is -0.467 e. The first-order valence-corrected chi connectivity index (χ1v) is 4.42. The Kier molecular flexibility index (Phi) is 7.51. The number of carbonyl (C=O) groups excluding carboxylic acids is 2. The van der Waals surface area contributed by atoms with Gasteiger partial charge in [-0.25, -0.2) is 4.79 Å². The molecular formula is C8H16N2O5. The molecular weight excluding hydrogens is 204 g/mol. The van der Waals surface area contributed by atoms with Crippen molar-refractivity contribution in [2.24, 2.45) is 5.73 Å². The summed E-state index contributed by atoms with van der Waals surface area (Å²) in [5, 5.41) is 11.4. The third kappa shape index (κ3) is 6.83. The van der Waals surface area contributed by atoms with E-state index < -0.39 is 18.0 Å². The Balaban J connectivity index is 3.57. The summed E-state index contributed by atoms with van der Waals surface area (Å²) in [6.45, 7) is 0.271. The molecule has 0 bridgehead atoms. The van der Waals surface area contributed by atoms with Gasteiger partial charge < -0.3 is 25.6 Å². The number of aliphatic hydroxyl groups is 1. The Hall–Kier alpha value is -1.18. The van der Waals surface area contributed by atoms with Crippen molar-refractivity contribution < 1.29 is 24.2 Å². The molecule has 1 atom stereocenters. The molecule has 7 nitrogen and oxygen atoms in total. The van der Waals surface area contributed by atoms with Gasteiger partial charge in [-0.15, -0.1) is 0 Å². The number of esters is 1. The van der Waals surface area contributed by atoms with E-state index in [1.165, 1.54) is 0 Å². The Labute approximate surface area is 87.5 Å². The number of amides is 1. The van der Waals surface area contributed by atoms with E-state index in [2.05, 4.69) is 10.1 Å². The summed E-state index contributed by atoms with van der Waals surface area (Å²) in [6, 6.07) is 0. The van der Waals surface area contributed by atoms with Crippen LogP contribution in [0.3, 0.4) is 0 Å². The Morgan fingerprint density at radius 1 is 1.53 bits per heavy atom. The zero-order chi connectivity index (χ0) is 11.7. The molecule has 1 unspecified atom stereocenters. The number of aliphatic hydroxyl groups excluding tert-OH is 1. The van der Waals surface area contributed by atoms with Crippen molar-refractivity contribution in [1.82, 2.24) is 5.32 Å². The van der Waals surface area contributed by atoms with Crippen LogP contribution in [0.5, 0.6) is 0 Å². The van der Waals surface area contributed by atoms with E-state index in [1.807, 2.05) is 0 Å². The summed E-state index contributed by atoms with van der Waals surface area (Å²) in [7, 11) is 1.15. The van der Waals surface area contributed by atoms with Gasteiger partial charge in [-0.05, 0) is 0 Å². The minimum absolute atomic E-state index is 0.148. The van der Waals surface area contributed by atoms with Crippen LogP contribution in [0.1, 0.15) is 0 Å². The fraction of sp³-hybridized carbons (Fsp3) is 0.750. The summed E-state index contributed by atoms with van der Waals surface area (Å²) >= 11 is 0. The molecule has 0 fully saturated rings. The maximum atomic E-state index is 11.0. The number of hydrogen-bond acceptors (Lipinski definition) is 6. The number of nitrogens with two attached hydrogens (primary N) is 1. The first-order chi connectivity index (χ1) is 7.11. The van der Waals surface area contributed by atoms with Crippen LogP contribution in [0.15, 0.2) is 0 Å². The highest BCUT2D eigenvalue weighted by atomic mass is 16.5. The van der Waals surface area contributed by atoms with Crippen molar-refractivity contribution in [2.75, 3.05) is 33.4 Å². The zero-order valence-corrected chi connectivity index (χ0v) is 8.56. The SMILES string of the molecule is COC(=O)C(O)CNC(=O)COCCN. The van der Waals surface area contributed by atoms with E-state index in [0.29, 0.717) is 6.54 Å². The maximum Gasteiger partial charge on any atom is 0.336 e. The van der Waals surface area contributed by atoms with Gasteiger partial charge in [0.05, 0.1) is 20.3 Å². The van der Waals surface area contributed by atoms with Gasteiger partial charge in [0.25, 0.3) is 0 Å². The third-order valence-electron chi connectivity index (χ3n) is 1.46. The lowest BCUT2D eigenvalue weighted by Crippen LogP contribution is -2.38. The van der Waals surface area contributed by atoms with E-state index >= 15 is 0 Å². The van der Waals surface area contributed by atoms with Gasteiger partial charge >= 0.3 is 5.97 Å². The van der Waals surface area contributed by atoms with Crippen LogP contribution < -0.4 is 11.1 Å². The second-order valence-corrected chi connectivity index (χ2v) is 2.68. The summed E-state index contributed by atoms with van der Waals surface area (Å²) in [6.07, 6.45) is -1.35. The summed E-state index contributed by atoms with van der Waals surface area (Å²) < 4.78 is 9.08. The largest absolute Gasteiger partial charge is 0.467 e. The molecule has 15 heavy (non-hydrogen) atoms. The first kappa shape index (κ1) is 13.8. The minimum atomic E-state index is -1.35. The van der Waals surface area contributed by atoms with Crippen molar-refractivity contribution in [1.29, 1.82) is 0 Å². The molecule has 0 saturated carbocycles. The molecule has 88 valence electrons. The molecule has 7 heteroatoms. The van der Waals surface area contributed by atoms with Gasteiger partial charge in [0.2, 0.25) is 5.91 Å². The van der Waals surface area contributed by atoms with Gasteiger partial charge in [0.15, 0.2) is 6.10 Å².